The van der Waals surface area contributed by atoms with Gasteiger partial charge in [0.25, 0.3) is 6.43 Å². The number of carbonyl (C=O) groups is 2. The first-order valence-corrected chi connectivity index (χ1v) is 6.09. The van der Waals surface area contributed by atoms with Crippen LogP contribution in [0.4, 0.5) is 8.78 Å². The lowest BCUT2D eigenvalue weighted by molar-refractivity contribution is -0.128. The molecule has 0 aliphatic rings. The van der Waals surface area contributed by atoms with Crippen molar-refractivity contribution in [1.82, 2.24) is 4.90 Å². The van der Waals surface area contributed by atoms with E-state index < -0.39 is 12.2 Å². The van der Waals surface area contributed by atoms with Gasteiger partial charge in [-0.1, -0.05) is 23.7 Å². The molecule has 3 nitrogen and oxygen atoms in total. The molecule has 0 saturated heterocycles. The van der Waals surface area contributed by atoms with Gasteiger partial charge in [0.15, 0.2) is 5.78 Å². The van der Waals surface area contributed by atoms with E-state index in [1.807, 2.05) is 0 Å². The van der Waals surface area contributed by atoms with Gasteiger partial charge in [0.1, 0.15) is 0 Å². The summed E-state index contributed by atoms with van der Waals surface area (Å²) < 4.78 is 25.0. The third-order valence-electron chi connectivity index (χ3n) is 2.77. The van der Waals surface area contributed by atoms with Crippen LogP contribution < -0.4 is 0 Å². The molecular formula is C13H14ClF2NO2. The van der Waals surface area contributed by atoms with E-state index in [1.54, 1.807) is 14.0 Å². The van der Waals surface area contributed by atoms with Gasteiger partial charge in [0.2, 0.25) is 5.91 Å². The summed E-state index contributed by atoms with van der Waals surface area (Å²) in [5.74, 6) is -0.755. The van der Waals surface area contributed by atoms with E-state index in [1.165, 1.54) is 17.0 Å². The fourth-order valence-corrected chi connectivity index (χ4v) is 1.69. The van der Waals surface area contributed by atoms with Gasteiger partial charge in [0.05, 0.1) is 11.4 Å². The molecule has 0 bridgehead atoms. The van der Waals surface area contributed by atoms with E-state index in [-0.39, 0.29) is 28.5 Å². The second kappa shape index (κ2) is 6.61. The van der Waals surface area contributed by atoms with Gasteiger partial charge < -0.3 is 4.90 Å². The zero-order valence-electron chi connectivity index (χ0n) is 10.6. The standard InChI is InChI=1S/C13H14ClF2NO2/c1-3-17(2)12(19)7-11(18)8-4-5-9(13(15)16)10(14)6-8/h4-6,13H,3,7H2,1-2H3. The number of amides is 1. The van der Waals surface area contributed by atoms with Gasteiger partial charge in [-0.05, 0) is 13.0 Å². The molecule has 0 radical (unpaired) electrons. The molecule has 0 unspecified atom stereocenters. The minimum atomic E-state index is -2.69. The third kappa shape index (κ3) is 3.99. The maximum atomic E-state index is 12.5. The number of carbonyl (C=O) groups excluding carboxylic acids is 2. The lowest BCUT2D eigenvalue weighted by Crippen LogP contribution is -2.28. The summed E-state index contributed by atoms with van der Waals surface area (Å²) in [5, 5.41) is -0.169. The fraction of sp³-hybridized carbons (Fsp3) is 0.385. The van der Waals surface area contributed by atoms with E-state index in [0.717, 1.165) is 6.07 Å². The number of Topliss-reactive ketones (excluding diaryl/α,β-unsaturated/α-hetero) is 1. The summed E-state index contributed by atoms with van der Waals surface area (Å²) in [6.45, 7) is 2.29. The van der Waals surface area contributed by atoms with E-state index in [2.05, 4.69) is 0 Å². The predicted octanol–water partition coefficient (Wildman–Crippen LogP) is 3.33. The van der Waals surface area contributed by atoms with Gasteiger partial charge in [0, 0.05) is 24.7 Å². The minimum absolute atomic E-state index is 0.159. The second-order valence-corrected chi connectivity index (χ2v) is 4.45. The largest absolute Gasteiger partial charge is 0.346 e. The molecular weight excluding hydrogens is 276 g/mol. The lowest BCUT2D eigenvalue weighted by Gasteiger charge is -2.13. The smallest absolute Gasteiger partial charge is 0.265 e. The van der Waals surface area contributed by atoms with Crippen molar-refractivity contribution >= 4 is 23.3 Å². The molecule has 19 heavy (non-hydrogen) atoms. The Morgan fingerprint density at radius 1 is 1.37 bits per heavy atom. The average molecular weight is 290 g/mol. The number of hydrogen-bond acceptors (Lipinski definition) is 2. The van der Waals surface area contributed by atoms with E-state index in [9.17, 15) is 18.4 Å². The Hall–Kier alpha value is -1.49. The Labute approximate surface area is 115 Å². The second-order valence-electron chi connectivity index (χ2n) is 4.04. The summed E-state index contributed by atoms with van der Waals surface area (Å²) in [6, 6.07) is 3.54. The number of hydrogen-bond donors (Lipinski definition) is 0. The highest BCUT2D eigenvalue weighted by molar-refractivity contribution is 6.31. The Morgan fingerprint density at radius 2 is 2.00 bits per heavy atom. The Morgan fingerprint density at radius 3 is 2.47 bits per heavy atom. The van der Waals surface area contributed by atoms with Crippen molar-refractivity contribution in [2.45, 2.75) is 19.8 Å². The van der Waals surface area contributed by atoms with Crippen LogP contribution in [-0.2, 0) is 4.79 Å². The molecule has 1 aromatic carbocycles. The van der Waals surface area contributed by atoms with Crippen LogP contribution in [0, 0.1) is 0 Å². The number of rotatable bonds is 5. The normalized spacial score (nSPS) is 10.6. The molecule has 1 amide bonds. The van der Waals surface area contributed by atoms with Crippen LogP contribution in [0.15, 0.2) is 18.2 Å². The van der Waals surface area contributed by atoms with Crippen LogP contribution in [0.1, 0.15) is 35.7 Å². The van der Waals surface area contributed by atoms with Crippen LogP contribution in [0.5, 0.6) is 0 Å². The molecule has 1 aromatic rings. The average Bonchev–Trinajstić information content (AvgIpc) is 2.36. The van der Waals surface area contributed by atoms with Gasteiger partial charge >= 0.3 is 0 Å². The summed E-state index contributed by atoms with van der Waals surface area (Å²) in [5.41, 5.74) is -0.164. The summed E-state index contributed by atoms with van der Waals surface area (Å²) in [4.78, 5) is 24.8. The first-order chi connectivity index (χ1) is 8.86. The van der Waals surface area contributed by atoms with Crippen molar-refractivity contribution in [3.8, 4) is 0 Å². The predicted molar refractivity (Wildman–Crippen MR) is 68.7 cm³/mol. The van der Waals surface area contributed by atoms with Crippen molar-refractivity contribution in [2.75, 3.05) is 13.6 Å². The summed E-state index contributed by atoms with van der Waals surface area (Å²) in [7, 11) is 1.59. The van der Waals surface area contributed by atoms with Gasteiger partial charge in [-0.15, -0.1) is 0 Å². The number of halogens is 3. The summed E-state index contributed by atoms with van der Waals surface area (Å²) >= 11 is 5.67. The quantitative estimate of drug-likeness (QED) is 0.616. The fourth-order valence-electron chi connectivity index (χ4n) is 1.43. The van der Waals surface area contributed by atoms with Crippen LogP contribution in [0.2, 0.25) is 5.02 Å². The van der Waals surface area contributed by atoms with Crippen LogP contribution in [-0.4, -0.2) is 30.2 Å². The van der Waals surface area contributed by atoms with E-state index >= 15 is 0 Å². The van der Waals surface area contributed by atoms with Crippen molar-refractivity contribution in [2.24, 2.45) is 0 Å². The molecule has 0 atom stereocenters. The van der Waals surface area contributed by atoms with Crippen LogP contribution >= 0.6 is 11.6 Å². The molecule has 0 aromatic heterocycles. The number of nitrogens with zero attached hydrogens (tertiary/aromatic N) is 1. The van der Waals surface area contributed by atoms with Crippen molar-refractivity contribution in [3.63, 3.8) is 0 Å². The molecule has 0 N–H and O–H groups in total. The molecule has 1 rings (SSSR count). The summed E-state index contributed by atoms with van der Waals surface area (Å²) in [6.07, 6.45) is -2.99. The van der Waals surface area contributed by atoms with Crippen molar-refractivity contribution < 1.29 is 18.4 Å². The first-order valence-electron chi connectivity index (χ1n) is 5.71. The zero-order valence-corrected chi connectivity index (χ0v) is 11.4. The molecule has 0 spiro atoms. The Balaban J connectivity index is 2.84. The number of alkyl halides is 2. The van der Waals surface area contributed by atoms with Crippen molar-refractivity contribution in [3.05, 3.63) is 34.3 Å². The third-order valence-corrected chi connectivity index (χ3v) is 3.10. The highest BCUT2D eigenvalue weighted by Gasteiger charge is 2.17. The highest BCUT2D eigenvalue weighted by Crippen LogP contribution is 2.28. The molecule has 0 aliphatic carbocycles. The van der Waals surface area contributed by atoms with Gasteiger partial charge in [-0.2, -0.15) is 0 Å². The maximum Gasteiger partial charge on any atom is 0.265 e. The lowest BCUT2D eigenvalue weighted by atomic mass is 10.1. The van der Waals surface area contributed by atoms with E-state index in [0.29, 0.717) is 6.54 Å². The Kier molecular flexibility index (Phi) is 5.42. The molecule has 0 saturated carbocycles. The first kappa shape index (κ1) is 15.6. The van der Waals surface area contributed by atoms with E-state index in [4.69, 9.17) is 11.6 Å². The molecule has 6 heteroatoms. The SMILES string of the molecule is CCN(C)C(=O)CC(=O)c1ccc(C(F)F)c(Cl)c1. The molecule has 0 fully saturated rings. The van der Waals surface area contributed by atoms with Crippen molar-refractivity contribution in [1.29, 1.82) is 0 Å². The maximum absolute atomic E-state index is 12.5. The molecule has 104 valence electrons. The topological polar surface area (TPSA) is 37.4 Å². The minimum Gasteiger partial charge on any atom is -0.346 e. The van der Waals surface area contributed by atoms with Gasteiger partial charge in [-0.3, -0.25) is 9.59 Å². The number of ketones is 1. The monoisotopic (exact) mass is 289 g/mol. The van der Waals surface area contributed by atoms with Crippen LogP contribution in [0.3, 0.4) is 0 Å². The zero-order chi connectivity index (χ0) is 14.6. The Bertz CT molecular complexity index is 492. The van der Waals surface area contributed by atoms with Crippen LogP contribution in [0.25, 0.3) is 0 Å². The molecule has 0 aliphatic heterocycles. The molecule has 0 heterocycles. The number of benzene rings is 1. The van der Waals surface area contributed by atoms with Gasteiger partial charge in [-0.25, -0.2) is 8.78 Å². The highest BCUT2D eigenvalue weighted by atomic mass is 35.5.